The quantitative estimate of drug-likeness (QED) is 0.617. The molecule has 1 aliphatic heterocycles. The summed E-state index contributed by atoms with van der Waals surface area (Å²) in [6.45, 7) is 2.75. The van der Waals surface area contributed by atoms with Gasteiger partial charge < -0.3 is 10.4 Å². The van der Waals surface area contributed by atoms with Gasteiger partial charge in [-0.05, 0) is 13.3 Å². The van der Waals surface area contributed by atoms with Crippen LogP contribution in [0.3, 0.4) is 0 Å². The highest BCUT2D eigenvalue weighted by molar-refractivity contribution is 6.08. The summed E-state index contributed by atoms with van der Waals surface area (Å²) in [6.07, 6.45) is 0.438. The van der Waals surface area contributed by atoms with E-state index < -0.39 is 30.0 Å². The van der Waals surface area contributed by atoms with Gasteiger partial charge in [0.15, 0.2) is 0 Å². The third-order valence-electron chi connectivity index (χ3n) is 2.35. The Morgan fingerprint density at radius 3 is 2.50 bits per heavy atom. The Morgan fingerprint density at radius 2 is 2.14 bits per heavy atom. The average Bonchev–Trinajstić information content (AvgIpc) is 2.30. The summed E-state index contributed by atoms with van der Waals surface area (Å²) in [7, 11) is 0. The Labute approximate surface area is 80.9 Å². The van der Waals surface area contributed by atoms with Crippen LogP contribution < -0.4 is 5.32 Å². The van der Waals surface area contributed by atoms with Crippen LogP contribution in [0.4, 0.5) is 4.79 Å². The zero-order valence-electron chi connectivity index (χ0n) is 8.03. The van der Waals surface area contributed by atoms with Gasteiger partial charge in [0.1, 0.15) is 12.1 Å². The molecule has 78 valence electrons. The molecule has 1 rings (SSSR count). The average molecular weight is 200 g/mol. The summed E-state index contributed by atoms with van der Waals surface area (Å²) in [4.78, 5) is 33.9. The molecule has 1 aliphatic rings. The highest BCUT2D eigenvalue weighted by Gasteiger charge is 2.46. The number of nitrogens with one attached hydrogen (secondary N) is 1. The molecule has 1 fully saturated rings. The first-order valence-electron chi connectivity index (χ1n) is 4.26. The van der Waals surface area contributed by atoms with E-state index in [-0.39, 0.29) is 0 Å². The molecular formula is C8H12N2O4. The van der Waals surface area contributed by atoms with Crippen LogP contribution in [0.25, 0.3) is 0 Å². The van der Waals surface area contributed by atoms with Crippen molar-refractivity contribution < 1.29 is 19.5 Å². The van der Waals surface area contributed by atoms with Gasteiger partial charge in [0, 0.05) is 0 Å². The highest BCUT2D eigenvalue weighted by Crippen LogP contribution is 2.20. The second kappa shape index (κ2) is 3.28. The van der Waals surface area contributed by atoms with Crippen LogP contribution in [0.15, 0.2) is 0 Å². The summed E-state index contributed by atoms with van der Waals surface area (Å²) in [5, 5.41) is 10.9. The first-order valence-corrected chi connectivity index (χ1v) is 4.26. The zero-order chi connectivity index (χ0) is 10.9. The van der Waals surface area contributed by atoms with Crippen LogP contribution >= 0.6 is 0 Å². The minimum atomic E-state index is -1.20. The van der Waals surface area contributed by atoms with E-state index >= 15 is 0 Å². The molecule has 1 atom stereocenters. The predicted octanol–water partition coefficient (Wildman–Crippen LogP) is -0.209. The number of aliphatic carboxylic acids is 1. The van der Waals surface area contributed by atoms with Crippen molar-refractivity contribution in [2.45, 2.75) is 25.8 Å². The van der Waals surface area contributed by atoms with Gasteiger partial charge in [-0.1, -0.05) is 6.92 Å². The van der Waals surface area contributed by atoms with Crippen LogP contribution in [0, 0.1) is 0 Å². The van der Waals surface area contributed by atoms with Crippen LogP contribution in [0.1, 0.15) is 20.3 Å². The maximum absolute atomic E-state index is 11.6. The summed E-state index contributed by atoms with van der Waals surface area (Å²) in [5.74, 6) is -1.68. The lowest BCUT2D eigenvalue weighted by atomic mass is 9.99. The number of carbonyl (C=O) groups excluding carboxylic acids is 2. The molecule has 0 unspecified atom stereocenters. The normalized spacial score (nSPS) is 26.6. The van der Waals surface area contributed by atoms with Gasteiger partial charge in [0.25, 0.3) is 5.91 Å². The van der Waals surface area contributed by atoms with Crippen LogP contribution in [-0.2, 0) is 9.59 Å². The molecule has 14 heavy (non-hydrogen) atoms. The van der Waals surface area contributed by atoms with Crippen molar-refractivity contribution in [3.8, 4) is 0 Å². The van der Waals surface area contributed by atoms with Crippen molar-refractivity contribution in [1.29, 1.82) is 0 Å². The number of hydrogen-bond acceptors (Lipinski definition) is 3. The summed E-state index contributed by atoms with van der Waals surface area (Å²) in [5.41, 5.74) is -0.952. The van der Waals surface area contributed by atoms with Gasteiger partial charge in [-0.15, -0.1) is 0 Å². The van der Waals surface area contributed by atoms with Gasteiger partial charge in [0.2, 0.25) is 0 Å². The molecule has 0 aromatic rings. The second-order valence-electron chi connectivity index (χ2n) is 3.40. The first-order chi connectivity index (χ1) is 6.40. The standard InChI is InChI=1S/C8H12N2O4/c1-3-8(2)6(13)10(4-5(11)12)7(14)9-8/h3-4H2,1-2H3,(H,9,14)(H,11,12)/t8-/m0/s1. The van der Waals surface area contributed by atoms with Gasteiger partial charge in [-0.25, -0.2) is 4.79 Å². The molecule has 0 bridgehead atoms. The maximum atomic E-state index is 11.6. The fraction of sp³-hybridized carbons (Fsp3) is 0.625. The SMILES string of the molecule is CC[C@]1(C)NC(=O)N(CC(=O)O)C1=O. The Bertz CT molecular complexity index is 302. The van der Waals surface area contributed by atoms with E-state index in [0.717, 1.165) is 0 Å². The van der Waals surface area contributed by atoms with Crippen molar-refractivity contribution in [1.82, 2.24) is 10.2 Å². The number of rotatable bonds is 3. The molecule has 1 saturated heterocycles. The van der Waals surface area contributed by atoms with E-state index in [0.29, 0.717) is 11.3 Å². The van der Waals surface area contributed by atoms with E-state index in [2.05, 4.69) is 5.32 Å². The smallest absolute Gasteiger partial charge is 0.325 e. The molecule has 0 aliphatic carbocycles. The van der Waals surface area contributed by atoms with E-state index in [9.17, 15) is 14.4 Å². The number of carboxylic acids is 1. The molecule has 1 heterocycles. The van der Waals surface area contributed by atoms with Crippen molar-refractivity contribution >= 4 is 17.9 Å². The van der Waals surface area contributed by atoms with Crippen LogP contribution in [0.5, 0.6) is 0 Å². The van der Waals surface area contributed by atoms with E-state index in [4.69, 9.17) is 5.11 Å². The number of hydrogen-bond donors (Lipinski definition) is 2. The largest absolute Gasteiger partial charge is 0.480 e. The minimum Gasteiger partial charge on any atom is -0.480 e. The van der Waals surface area contributed by atoms with Crippen LogP contribution in [0.2, 0.25) is 0 Å². The molecule has 3 amide bonds. The zero-order valence-corrected chi connectivity index (χ0v) is 8.03. The number of imide groups is 1. The molecule has 0 saturated carbocycles. The molecule has 0 radical (unpaired) electrons. The third kappa shape index (κ3) is 1.55. The third-order valence-corrected chi connectivity index (χ3v) is 2.35. The molecule has 0 spiro atoms. The lowest BCUT2D eigenvalue weighted by Crippen LogP contribution is -2.43. The molecule has 6 nitrogen and oxygen atoms in total. The number of nitrogens with zero attached hydrogens (tertiary/aromatic N) is 1. The second-order valence-corrected chi connectivity index (χ2v) is 3.40. The number of urea groups is 1. The first kappa shape index (κ1) is 10.5. The molecule has 6 heteroatoms. The van der Waals surface area contributed by atoms with Gasteiger partial charge in [-0.3, -0.25) is 14.5 Å². The van der Waals surface area contributed by atoms with Gasteiger partial charge in [-0.2, -0.15) is 0 Å². The Balaban J connectivity index is 2.86. The summed E-state index contributed by atoms with van der Waals surface area (Å²) < 4.78 is 0. The summed E-state index contributed by atoms with van der Waals surface area (Å²) >= 11 is 0. The Morgan fingerprint density at radius 1 is 1.57 bits per heavy atom. The summed E-state index contributed by atoms with van der Waals surface area (Å²) in [6, 6.07) is -0.637. The number of amides is 3. The molecule has 0 aromatic heterocycles. The fourth-order valence-electron chi connectivity index (χ4n) is 1.27. The number of carbonyl (C=O) groups is 3. The lowest BCUT2D eigenvalue weighted by molar-refractivity contribution is -0.142. The van der Waals surface area contributed by atoms with E-state index in [1.54, 1.807) is 13.8 Å². The topological polar surface area (TPSA) is 86.7 Å². The van der Waals surface area contributed by atoms with Gasteiger partial charge >= 0.3 is 12.0 Å². The van der Waals surface area contributed by atoms with Crippen LogP contribution in [-0.4, -0.2) is 40.0 Å². The Kier molecular flexibility index (Phi) is 2.46. The Hall–Kier alpha value is -1.59. The van der Waals surface area contributed by atoms with Crippen molar-refractivity contribution in [3.05, 3.63) is 0 Å². The lowest BCUT2D eigenvalue weighted by Gasteiger charge is -2.18. The molecular weight excluding hydrogens is 188 g/mol. The molecule has 0 aromatic carbocycles. The highest BCUT2D eigenvalue weighted by atomic mass is 16.4. The van der Waals surface area contributed by atoms with Gasteiger partial charge in [0.05, 0.1) is 0 Å². The number of carboxylic acid groups (broad SMARTS) is 1. The molecule has 2 N–H and O–H groups in total. The maximum Gasteiger partial charge on any atom is 0.325 e. The predicted molar refractivity (Wildman–Crippen MR) is 46.6 cm³/mol. The fourth-order valence-corrected chi connectivity index (χ4v) is 1.27. The van der Waals surface area contributed by atoms with Crippen molar-refractivity contribution in [2.75, 3.05) is 6.54 Å². The van der Waals surface area contributed by atoms with E-state index in [1.165, 1.54) is 0 Å². The monoisotopic (exact) mass is 200 g/mol. The minimum absolute atomic E-state index is 0.438. The van der Waals surface area contributed by atoms with E-state index in [1.807, 2.05) is 0 Å². The van der Waals surface area contributed by atoms with Crippen molar-refractivity contribution in [2.24, 2.45) is 0 Å². The van der Waals surface area contributed by atoms with Crippen molar-refractivity contribution in [3.63, 3.8) is 0 Å².